The molecule has 3 aromatic rings. The van der Waals surface area contributed by atoms with E-state index in [1.165, 1.54) is 23.5 Å². The third-order valence-corrected chi connectivity index (χ3v) is 6.53. The van der Waals surface area contributed by atoms with Gasteiger partial charge >= 0.3 is 0 Å². The van der Waals surface area contributed by atoms with Crippen molar-refractivity contribution in [2.75, 3.05) is 12.9 Å². The second-order valence-electron chi connectivity index (χ2n) is 6.12. The van der Waals surface area contributed by atoms with E-state index in [2.05, 4.69) is 4.99 Å². The van der Waals surface area contributed by atoms with Gasteiger partial charge in [-0.1, -0.05) is 17.4 Å². The number of aryl methyl sites for hydroxylation is 2. The van der Waals surface area contributed by atoms with Gasteiger partial charge in [0.05, 0.1) is 11.8 Å². The number of halogens is 1. The average Bonchev–Trinajstić information content (AvgIpc) is 2.98. The number of amides is 1. The first-order chi connectivity index (χ1) is 13.0. The molecule has 0 spiro atoms. The molecule has 4 nitrogen and oxygen atoms in total. The Morgan fingerprint density at radius 3 is 2.70 bits per heavy atom. The van der Waals surface area contributed by atoms with E-state index in [-0.39, 0.29) is 11.7 Å². The largest absolute Gasteiger partial charge is 0.495 e. The first kappa shape index (κ1) is 19.6. The van der Waals surface area contributed by atoms with Crippen LogP contribution in [0.4, 0.5) is 4.39 Å². The molecule has 3 rings (SSSR count). The molecule has 27 heavy (non-hydrogen) atoms. The minimum atomic E-state index is -0.239. The second-order valence-corrected chi connectivity index (χ2v) is 8.26. The van der Waals surface area contributed by atoms with Gasteiger partial charge in [-0.3, -0.25) is 4.79 Å². The summed E-state index contributed by atoms with van der Waals surface area (Å²) in [6.07, 6.45) is 1.11. The van der Waals surface area contributed by atoms with E-state index in [4.69, 9.17) is 4.74 Å². The number of ether oxygens (including phenoxy) is 1. The summed E-state index contributed by atoms with van der Waals surface area (Å²) in [5.41, 5.74) is 2.09. The first-order valence-corrected chi connectivity index (χ1v) is 10.4. The number of aromatic nitrogens is 1. The van der Waals surface area contributed by atoms with E-state index in [1.807, 2.05) is 30.7 Å². The maximum Gasteiger partial charge on any atom is 0.248 e. The first-order valence-electron chi connectivity index (χ1n) is 8.58. The minimum Gasteiger partial charge on any atom is -0.495 e. The number of thioether (sulfide) groups is 1. The topological polar surface area (TPSA) is 43.6 Å². The van der Waals surface area contributed by atoms with E-state index in [9.17, 15) is 9.18 Å². The van der Waals surface area contributed by atoms with Gasteiger partial charge in [0.2, 0.25) is 5.91 Å². The Labute approximate surface area is 165 Å². The minimum absolute atomic E-state index is 0.131. The molecular weight excluding hydrogens is 383 g/mol. The zero-order chi connectivity index (χ0) is 19.4. The van der Waals surface area contributed by atoms with Crippen molar-refractivity contribution < 1.29 is 13.9 Å². The number of methoxy groups -OCH3 is 1. The summed E-state index contributed by atoms with van der Waals surface area (Å²) in [5.74, 6) is 1.20. The molecule has 0 saturated carbocycles. The number of carbonyl (C=O) groups is 1. The van der Waals surface area contributed by atoms with Crippen molar-refractivity contribution in [1.82, 2.24) is 4.57 Å². The summed E-state index contributed by atoms with van der Waals surface area (Å²) in [4.78, 5) is 18.2. The zero-order valence-electron chi connectivity index (χ0n) is 15.5. The highest BCUT2D eigenvalue weighted by Crippen LogP contribution is 2.29. The third kappa shape index (κ3) is 4.59. The Bertz CT molecular complexity index is 1020. The van der Waals surface area contributed by atoms with E-state index in [0.717, 1.165) is 38.6 Å². The highest BCUT2D eigenvalue weighted by Gasteiger charge is 2.12. The van der Waals surface area contributed by atoms with Crippen molar-refractivity contribution >= 4 is 39.2 Å². The Hall–Kier alpha value is -2.12. The summed E-state index contributed by atoms with van der Waals surface area (Å²) in [5, 5.41) is 0. The number of rotatable bonds is 6. The molecule has 0 unspecified atom stereocenters. The summed E-state index contributed by atoms with van der Waals surface area (Å²) >= 11 is 3.11. The van der Waals surface area contributed by atoms with Crippen LogP contribution >= 0.6 is 23.1 Å². The highest BCUT2D eigenvalue weighted by molar-refractivity contribution is 7.99. The van der Waals surface area contributed by atoms with Crippen molar-refractivity contribution in [2.45, 2.75) is 24.7 Å². The van der Waals surface area contributed by atoms with Gasteiger partial charge in [-0.2, -0.15) is 4.99 Å². The van der Waals surface area contributed by atoms with Crippen LogP contribution in [0.15, 0.2) is 46.3 Å². The molecule has 142 valence electrons. The van der Waals surface area contributed by atoms with Gasteiger partial charge in [0.15, 0.2) is 4.80 Å². The quantitative estimate of drug-likeness (QED) is 0.442. The molecule has 0 radical (unpaired) electrons. The van der Waals surface area contributed by atoms with Gasteiger partial charge in [0, 0.05) is 18.4 Å². The summed E-state index contributed by atoms with van der Waals surface area (Å²) < 4.78 is 21.3. The van der Waals surface area contributed by atoms with E-state index in [0.29, 0.717) is 11.2 Å². The van der Waals surface area contributed by atoms with Crippen LogP contribution in [-0.4, -0.2) is 23.3 Å². The van der Waals surface area contributed by atoms with Gasteiger partial charge in [-0.25, -0.2) is 4.39 Å². The second kappa shape index (κ2) is 8.71. The standard InChI is InChI=1S/C20H21FN2O2S2/c1-13-6-11-16(25-3)18-19(13)27-20(23(18)2)22-17(24)5-4-12-26-15-9-7-14(21)8-10-15/h6-11H,4-5,12H2,1-3H3. The van der Waals surface area contributed by atoms with Crippen LogP contribution in [0.1, 0.15) is 18.4 Å². The van der Waals surface area contributed by atoms with Crippen LogP contribution in [0.3, 0.4) is 0 Å². The van der Waals surface area contributed by atoms with Crippen LogP contribution in [0.5, 0.6) is 5.75 Å². The zero-order valence-corrected chi connectivity index (χ0v) is 17.1. The highest BCUT2D eigenvalue weighted by atomic mass is 32.2. The van der Waals surface area contributed by atoms with E-state index < -0.39 is 0 Å². The number of nitrogens with zero attached hydrogens (tertiary/aromatic N) is 2. The molecular formula is C20H21FN2O2S2. The van der Waals surface area contributed by atoms with E-state index >= 15 is 0 Å². The number of benzene rings is 2. The number of hydrogen-bond donors (Lipinski definition) is 0. The van der Waals surface area contributed by atoms with Crippen molar-refractivity contribution in [3.8, 4) is 5.75 Å². The molecule has 0 fully saturated rings. The predicted octanol–water partition coefficient (Wildman–Crippen LogP) is 4.70. The maximum absolute atomic E-state index is 12.9. The Kier molecular flexibility index (Phi) is 6.34. The van der Waals surface area contributed by atoms with Crippen molar-refractivity contribution in [3.63, 3.8) is 0 Å². The molecule has 2 aromatic carbocycles. The van der Waals surface area contributed by atoms with Crippen molar-refractivity contribution in [2.24, 2.45) is 12.0 Å². The molecule has 1 aromatic heterocycles. The van der Waals surface area contributed by atoms with Crippen LogP contribution in [0.2, 0.25) is 0 Å². The lowest BCUT2D eigenvalue weighted by atomic mass is 10.2. The SMILES string of the molecule is COc1ccc(C)c2sc(=NC(=O)CCCSc3ccc(F)cc3)n(C)c12. The number of carbonyl (C=O) groups excluding carboxylic acids is 1. The summed E-state index contributed by atoms with van der Waals surface area (Å²) in [6, 6.07) is 10.3. The fourth-order valence-electron chi connectivity index (χ4n) is 2.73. The third-order valence-electron chi connectivity index (χ3n) is 4.16. The Balaban J connectivity index is 1.67. The molecule has 0 atom stereocenters. The summed E-state index contributed by atoms with van der Waals surface area (Å²) in [7, 11) is 3.54. The molecule has 0 aliphatic carbocycles. The lowest BCUT2D eigenvalue weighted by Gasteiger charge is -2.05. The van der Waals surface area contributed by atoms with E-state index in [1.54, 1.807) is 31.0 Å². The van der Waals surface area contributed by atoms with Crippen molar-refractivity contribution in [3.05, 3.63) is 52.6 Å². The molecule has 0 N–H and O–H groups in total. The molecule has 1 amide bonds. The fourth-order valence-corrected chi connectivity index (χ4v) is 4.70. The number of hydrogen-bond acceptors (Lipinski definition) is 4. The monoisotopic (exact) mass is 404 g/mol. The lowest BCUT2D eigenvalue weighted by Crippen LogP contribution is -2.13. The van der Waals surface area contributed by atoms with Gasteiger partial charge in [-0.05, 0) is 55.0 Å². The number of thiazole rings is 1. The average molecular weight is 405 g/mol. The molecule has 1 heterocycles. The lowest BCUT2D eigenvalue weighted by molar-refractivity contribution is -0.118. The normalized spacial score (nSPS) is 11.9. The fraction of sp³-hybridized carbons (Fsp3) is 0.300. The van der Waals surface area contributed by atoms with Crippen molar-refractivity contribution in [1.29, 1.82) is 0 Å². The van der Waals surface area contributed by atoms with Gasteiger partial charge in [-0.15, -0.1) is 11.8 Å². The Morgan fingerprint density at radius 1 is 1.26 bits per heavy atom. The summed E-state index contributed by atoms with van der Waals surface area (Å²) in [6.45, 7) is 2.04. The molecule has 0 saturated heterocycles. The van der Waals surface area contributed by atoms with Crippen LogP contribution < -0.4 is 9.54 Å². The maximum atomic E-state index is 12.9. The van der Waals surface area contributed by atoms with Gasteiger partial charge in [0.25, 0.3) is 0 Å². The molecule has 0 aliphatic heterocycles. The molecule has 7 heteroatoms. The molecule has 0 bridgehead atoms. The Morgan fingerprint density at radius 2 is 2.00 bits per heavy atom. The number of fused-ring (bicyclic) bond motifs is 1. The van der Waals surface area contributed by atoms with Crippen LogP contribution in [-0.2, 0) is 11.8 Å². The smallest absolute Gasteiger partial charge is 0.248 e. The van der Waals surface area contributed by atoms with Gasteiger partial charge in [0.1, 0.15) is 17.1 Å². The van der Waals surface area contributed by atoms with Gasteiger partial charge < -0.3 is 9.30 Å². The molecule has 0 aliphatic rings. The van der Waals surface area contributed by atoms with Crippen LogP contribution in [0, 0.1) is 12.7 Å². The van der Waals surface area contributed by atoms with Crippen LogP contribution in [0.25, 0.3) is 10.2 Å². The predicted molar refractivity (Wildman–Crippen MR) is 109 cm³/mol.